The first-order chi connectivity index (χ1) is 8.83. The van der Waals surface area contributed by atoms with E-state index in [9.17, 15) is 0 Å². The lowest BCUT2D eigenvalue weighted by Gasteiger charge is -2.33. The van der Waals surface area contributed by atoms with Crippen LogP contribution in [0, 0.1) is 0 Å². The normalized spacial score (nSPS) is 18.8. The number of nitrogens with two attached hydrogens (primary N) is 1. The van der Waals surface area contributed by atoms with Gasteiger partial charge in [0, 0.05) is 13.1 Å². The molecule has 1 atom stereocenters. The molecule has 1 aliphatic rings. The lowest BCUT2D eigenvalue weighted by atomic mass is 9.99. The van der Waals surface area contributed by atoms with E-state index in [2.05, 4.69) is 36.1 Å². The number of nitrogens with zero attached hydrogens (tertiary/aromatic N) is 1. The molecule has 0 aromatic heterocycles. The minimum absolute atomic E-state index is 0.0157. The Labute approximate surface area is 110 Å². The van der Waals surface area contributed by atoms with Crippen LogP contribution >= 0.6 is 0 Å². The highest BCUT2D eigenvalue weighted by atomic mass is 16.5. The number of rotatable bonds is 5. The van der Waals surface area contributed by atoms with Crippen LogP contribution in [0.3, 0.4) is 0 Å². The zero-order valence-electron chi connectivity index (χ0n) is 11.3. The first-order valence-corrected chi connectivity index (χ1v) is 6.98. The van der Waals surface area contributed by atoms with Gasteiger partial charge in [0.15, 0.2) is 0 Å². The van der Waals surface area contributed by atoms with E-state index in [1.54, 1.807) is 0 Å². The number of ether oxygens (including phenoxy) is 1. The van der Waals surface area contributed by atoms with Gasteiger partial charge in [-0.05, 0) is 24.0 Å². The van der Waals surface area contributed by atoms with Crippen molar-refractivity contribution in [2.75, 3.05) is 26.3 Å². The summed E-state index contributed by atoms with van der Waals surface area (Å²) in [4.78, 5) is 2.31. The van der Waals surface area contributed by atoms with Gasteiger partial charge in [-0.2, -0.15) is 0 Å². The van der Waals surface area contributed by atoms with Gasteiger partial charge in [0.25, 0.3) is 0 Å². The quantitative estimate of drug-likeness (QED) is 0.869. The predicted octanol–water partition coefficient (Wildman–Crippen LogP) is 2.32. The van der Waals surface area contributed by atoms with Crippen LogP contribution in [0.1, 0.15) is 37.1 Å². The molecule has 1 saturated heterocycles. The van der Waals surface area contributed by atoms with Gasteiger partial charge in [0.1, 0.15) is 0 Å². The summed E-state index contributed by atoms with van der Waals surface area (Å²) in [6, 6.07) is 8.59. The van der Waals surface area contributed by atoms with Gasteiger partial charge in [0.2, 0.25) is 0 Å². The molecule has 2 rings (SSSR count). The smallest absolute Gasteiger partial charge is 0.0839 e. The van der Waals surface area contributed by atoms with Crippen LogP contribution < -0.4 is 5.73 Å². The van der Waals surface area contributed by atoms with Crippen LogP contribution in [0.5, 0.6) is 0 Å². The highest BCUT2D eigenvalue weighted by Gasteiger charge is 2.20. The summed E-state index contributed by atoms with van der Waals surface area (Å²) in [7, 11) is 0. The van der Waals surface area contributed by atoms with E-state index in [0.717, 1.165) is 32.7 Å². The third kappa shape index (κ3) is 3.31. The van der Waals surface area contributed by atoms with Crippen LogP contribution in [0.4, 0.5) is 0 Å². The Morgan fingerprint density at radius 2 is 2.00 bits per heavy atom. The van der Waals surface area contributed by atoms with Crippen molar-refractivity contribution in [3.05, 3.63) is 35.4 Å². The zero-order chi connectivity index (χ0) is 12.8. The monoisotopic (exact) mass is 248 g/mol. The molecule has 1 aromatic rings. The Bertz CT molecular complexity index is 361. The molecule has 18 heavy (non-hydrogen) atoms. The number of aryl methyl sites for hydroxylation is 1. The Kier molecular flexibility index (Phi) is 5.17. The molecular formula is C15H24N2O. The van der Waals surface area contributed by atoms with Crippen molar-refractivity contribution < 1.29 is 4.74 Å². The molecule has 0 bridgehead atoms. The molecule has 1 aromatic carbocycles. The predicted molar refractivity (Wildman–Crippen MR) is 74.4 cm³/mol. The average Bonchev–Trinajstić information content (AvgIpc) is 2.45. The van der Waals surface area contributed by atoms with Crippen molar-refractivity contribution in [3.8, 4) is 0 Å². The molecule has 2 N–H and O–H groups in total. The van der Waals surface area contributed by atoms with Gasteiger partial charge in [-0.3, -0.25) is 4.90 Å². The number of benzene rings is 1. The van der Waals surface area contributed by atoms with Crippen molar-refractivity contribution in [3.63, 3.8) is 0 Å². The third-order valence-corrected chi connectivity index (χ3v) is 3.61. The SMILES string of the molecule is CCCCc1ccccc1C(N)N1CCOCC1. The summed E-state index contributed by atoms with van der Waals surface area (Å²) in [6.07, 6.45) is 3.60. The molecule has 3 heteroatoms. The fourth-order valence-electron chi connectivity index (χ4n) is 2.47. The molecule has 0 aliphatic carbocycles. The Balaban J connectivity index is 2.10. The summed E-state index contributed by atoms with van der Waals surface area (Å²) in [5.41, 5.74) is 9.10. The molecule has 1 unspecified atom stereocenters. The standard InChI is InChI=1S/C15H24N2O/c1-2-3-6-13-7-4-5-8-14(13)15(16)17-9-11-18-12-10-17/h4-5,7-8,15H,2-3,6,9-12,16H2,1H3. The number of hydrogen-bond acceptors (Lipinski definition) is 3. The van der Waals surface area contributed by atoms with Gasteiger partial charge in [-0.15, -0.1) is 0 Å². The minimum atomic E-state index is 0.0157. The van der Waals surface area contributed by atoms with Gasteiger partial charge >= 0.3 is 0 Å². The van der Waals surface area contributed by atoms with Crippen molar-refractivity contribution in [2.45, 2.75) is 32.4 Å². The Morgan fingerprint density at radius 3 is 2.72 bits per heavy atom. The average molecular weight is 248 g/mol. The fraction of sp³-hybridized carbons (Fsp3) is 0.600. The van der Waals surface area contributed by atoms with Crippen LogP contribution in [-0.2, 0) is 11.2 Å². The van der Waals surface area contributed by atoms with Gasteiger partial charge in [-0.1, -0.05) is 37.6 Å². The largest absolute Gasteiger partial charge is 0.379 e. The van der Waals surface area contributed by atoms with E-state index < -0.39 is 0 Å². The first-order valence-electron chi connectivity index (χ1n) is 6.98. The summed E-state index contributed by atoms with van der Waals surface area (Å²) in [6.45, 7) is 5.69. The highest BCUT2D eigenvalue weighted by molar-refractivity contribution is 5.29. The van der Waals surface area contributed by atoms with Crippen LogP contribution in [0.25, 0.3) is 0 Å². The highest BCUT2D eigenvalue weighted by Crippen LogP contribution is 2.22. The molecule has 0 saturated carbocycles. The van der Waals surface area contributed by atoms with Gasteiger partial charge in [0.05, 0.1) is 19.4 Å². The first kappa shape index (κ1) is 13.5. The van der Waals surface area contributed by atoms with Gasteiger partial charge in [-0.25, -0.2) is 0 Å². The van der Waals surface area contributed by atoms with E-state index in [1.165, 1.54) is 24.0 Å². The second-order valence-corrected chi connectivity index (χ2v) is 4.90. The number of unbranched alkanes of at least 4 members (excludes halogenated alkanes) is 1. The molecule has 0 radical (unpaired) electrons. The number of morpholine rings is 1. The van der Waals surface area contributed by atoms with E-state index in [0.29, 0.717) is 0 Å². The molecule has 1 heterocycles. The van der Waals surface area contributed by atoms with Crippen molar-refractivity contribution in [2.24, 2.45) is 5.73 Å². The van der Waals surface area contributed by atoms with Crippen LogP contribution in [0.2, 0.25) is 0 Å². The lowest BCUT2D eigenvalue weighted by molar-refractivity contribution is 0.0171. The topological polar surface area (TPSA) is 38.5 Å². The number of hydrogen-bond donors (Lipinski definition) is 1. The maximum Gasteiger partial charge on any atom is 0.0839 e. The second kappa shape index (κ2) is 6.88. The lowest BCUT2D eigenvalue weighted by Crippen LogP contribution is -2.42. The van der Waals surface area contributed by atoms with E-state index in [1.807, 2.05) is 0 Å². The molecule has 1 aliphatic heterocycles. The van der Waals surface area contributed by atoms with E-state index >= 15 is 0 Å². The van der Waals surface area contributed by atoms with Crippen molar-refractivity contribution in [1.82, 2.24) is 4.90 Å². The van der Waals surface area contributed by atoms with E-state index in [4.69, 9.17) is 10.5 Å². The maximum absolute atomic E-state index is 6.41. The summed E-state index contributed by atoms with van der Waals surface area (Å²) in [5, 5.41) is 0. The molecule has 100 valence electrons. The van der Waals surface area contributed by atoms with E-state index in [-0.39, 0.29) is 6.17 Å². The Hall–Kier alpha value is -0.900. The zero-order valence-corrected chi connectivity index (χ0v) is 11.3. The third-order valence-electron chi connectivity index (χ3n) is 3.61. The minimum Gasteiger partial charge on any atom is -0.379 e. The molecule has 1 fully saturated rings. The van der Waals surface area contributed by atoms with Crippen LogP contribution in [-0.4, -0.2) is 31.2 Å². The summed E-state index contributed by atoms with van der Waals surface area (Å²) in [5.74, 6) is 0. The molecule has 0 spiro atoms. The summed E-state index contributed by atoms with van der Waals surface area (Å²) < 4.78 is 5.38. The van der Waals surface area contributed by atoms with Crippen molar-refractivity contribution >= 4 is 0 Å². The fourth-order valence-corrected chi connectivity index (χ4v) is 2.47. The summed E-state index contributed by atoms with van der Waals surface area (Å²) >= 11 is 0. The Morgan fingerprint density at radius 1 is 1.28 bits per heavy atom. The van der Waals surface area contributed by atoms with Gasteiger partial charge < -0.3 is 10.5 Å². The molecule has 3 nitrogen and oxygen atoms in total. The molecular weight excluding hydrogens is 224 g/mol. The molecule has 0 amide bonds. The maximum atomic E-state index is 6.41. The van der Waals surface area contributed by atoms with Crippen LogP contribution in [0.15, 0.2) is 24.3 Å². The second-order valence-electron chi connectivity index (χ2n) is 4.90. The van der Waals surface area contributed by atoms with Crippen molar-refractivity contribution in [1.29, 1.82) is 0 Å².